The van der Waals surface area contributed by atoms with Crippen LogP contribution in [0.15, 0.2) is 12.1 Å². The number of carbonyl (C=O) groups is 1. The molecule has 0 saturated carbocycles. The molecule has 0 radical (unpaired) electrons. The van der Waals surface area contributed by atoms with Gasteiger partial charge in [0, 0.05) is 25.2 Å². The minimum Gasteiger partial charge on any atom is -0.338 e. The summed E-state index contributed by atoms with van der Waals surface area (Å²) in [5, 5.41) is 0. The molecule has 1 aliphatic rings. The molecule has 1 aromatic carbocycles. The molecule has 112 valence electrons. The topological polar surface area (TPSA) is 46.3 Å². The van der Waals surface area contributed by atoms with Gasteiger partial charge in [-0.3, -0.25) is 4.79 Å². The highest BCUT2D eigenvalue weighted by Crippen LogP contribution is 2.30. The Hall–Kier alpha value is -1.27. The Morgan fingerprint density at radius 3 is 2.35 bits per heavy atom. The van der Waals surface area contributed by atoms with Gasteiger partial charge < -0.3 is 10.6 Å². The molecule has 1 saturated heterocycles. The number of carbonyl (C=O) groups excluding carboxylic acids is 1. The summed E-state index contributed by atoms with van der Waals surface area (Å²) < 4.78 is 39.9. The van der Waals surface area contributed by atoms with E-state index in [-0.39, 0.29) is 17.8 Å². The predicted octanol–water partition coefficient (Wildman–Crippen LogP) is 2.34. The van der Waals surface area contributed by atoms with E-state index >= 15 is 0 Å². The third kappa shape index (κ3) is 3.07. The van der Waals surface area contributed by atoms with Gasteiger partial charge in [-0.1, -0.05) is 6.92 Å². The lowest BCUT2D eigenvalue weighted by Gasteiger charge is -2.22. The monoisotopic (exact) mass is 308 g/mol. The van der Waals surface area contributed by atoms with E-state index in [9.17, 15) is 18.0 Å². The first-order valence-corrected chi connectivity index (χ1v) is 6.00. The number of halogens is 4. The number of nitrogens with zero attached hydrogens (tertiary/aromatic N) is 1. The Bertz CT molecular complexity index is 503. The first-order valence-electron chi connectivity index (χ1n) is 6.00. The SMILES string of the molecule is CC1(CN)CCN(C(=O)c2c(F)cc(F)cc2F)C1.Cl. The number of nitrogens with two attached hydrogens (primary N) is 1. The molecule has 1 aromatic rings. The van der Waals surface area contributed by atoms with Crippen LogP contribution in [0, 0.1) is 22.9 Å². The van der Waals surface area contributed by atoms with Gasteiger partial charge in [0.15, 0.2) is 0 Å². The van der Waals surface area contributed by atoms with Crippen LogP contribution in [0.3, 0.4) is 0 Å². The fourth-order valence-electron chi connectivity index (χ4n) is 2.27. The smallest absolute Gasteiger partial charge is 0.259 e. The second-order valence-electron chi connectivity index (χ2n) is 5.24. The van der Waals surface area contributed by atoms with Gasteiger partial charge in [-0.25, -0.2) is 13.2 Å². The average molecular weight is 309 g/mol. The van der Waals surface area contributed by atoms with Crippen LogP contribution in [0.4, 0.5) is 13.2 Å². The van der Waals surface area contributed by atoms with Crippen molar-refractivity contribution in [2.24, 2.45) is 11.1 Å². The highest BCUT2D eigenvalue weighted by atomic mass is 35.5. The molecular formula is C13H16ClF3N2O. The molecule has 2 N–H and O–H groups in total. The average Bonchev–Trinajstić information content (AvgIpc) is 2.71. The Labute approximate surface area is 121 Å². The summed E-state index contributed by atoms with van der Waals surface area (Å²) in [6, 6.07) is 1.02. The van der Waals surface area contributed by atoms with Crippen LogP contribution in [0.5, 0.6) is 0 Å². The number of rotatable bonds is 2. The molecule has 1 aliphatic heterocycles. The third-order valence-electron chi connectivity index (χ3n) is 3.56. The summed E-state index contributed by atoms with van der Waals surface area (Å²) in [6.45, 7) is 3.05. The minimum atomic E-state index is -1.18. The summed E-state index contributed by atoms with van der Waals surface area (Å²) in [5.41, 5.74) is 4.67. The molecule has 20 heavy (non-hydrogen) atoms. The van der Waals surface area contributed by atoms with Crippen molar-refractivity contribution in [1.29, 1.82) is 0 Å². The second-order valence-corrected chi connectivity index (χ2v) is 5.24. The highest BCUT2D eigenvalue weighted by Gasteiger charge is 2.36. The maximum Gasteiger partial charge on any atom is 0.259 e. The normalized spacial score (nSPS) is 21.8. The molecule has 0 spiro atoms. The molecule has 0 bridgehead atoms. The van der Waals surface area contributed by atoms with Gasteiger partial charge >= 0.3 is 0 Å². The van der Waals surface area contributed by atoms with Gasteiger partial charge in [-0.15, -0.1) is 12.4 Å². The summed E-state index contributed by atoms with van der Waals surface area (Å²) >= 11 is 0. The van der Waals surface area contributed by atoms with Gasteiger partial charge in [0.1, 0.15) is 23.0 Å². The quantitative estimate of drug-likeness (QED) is 0.911. The van der Waals surface area contributed by atoms with Crippen molar-refractivity contribution in [3.8, 4) is 0 Å². The number of hydrogen-bond donors (Lipinski definition) is 1. The van der Waals surface area contributed by atoms with Gasteiger partial charge in [-0.2, -0.15) is 0 Å². The van der Waals surface area contributed by atoms with E-state index in [1.54, 1.807) is 0 Å². The lowest BCUT2D eigenvalue weighted by Crippen LogP contribution is -2.35. The Morgan fingerprint density at radius 2 is 1.90 bits per heavy atom. The predicted molar refractivity (Wildman–Crippen MR) is 71.2 cm³/mol. The van der Waals surface area contributed by atoms with E-state index in [4.69, 9.17) is 5.73 Å². The Balaban J connectivity index is 0.00000200. The molecule has 1 atom stereocenters. The van der Waals surface area contributed by atoms with Crippen LogP contribution < -0.4 is 5.73 Å². The minimum absolute atomic E-state index is 0. The molecule has 7 heteroatoms. The van der Waals surface area contributed by atoms with E-state index in [1.807, 2.05) is 6.92 Å². The largest absolute Gasteiger partial charge is 0.338 e. The third-order valence-corrected chi connectivity index (χ3v) is 3.56. The van der Waals surface area contributed by atoms with Crippen molar-refractivity contribution >= 4 is 18.3 Å². The molecule has 1 fully saturated rings. The van der Waals surface area contributed by atoms with Gasteiger partial charge in [0.2, 0.25) is 0 Å². The molecule has 3 nitrogen and oxygen atoms in total. The number of hydrogen-bond acceptors (Lipinski definition) is 2. The van der Waals surface area contributed by atoms with E-state index in [0.717, 1.165) is 0 Å². The first kappa shape index (κ1) is 16.8. The van der Waals surface area contributed by atoms with Crippen LogP contribution in [0.1, 0.15) is 23.7 Å². The number of likely N-dealkylation sites (tertiary alicyclic amines) is 1. The van der Waals surface area contributed by atoms with E-state index < -0.39 is 28.9 Å². The van der Waals surface area contributed by atoms with Gasteiger partial charge in [-0.05, 0) is 18.4 Å². The zero-order valence-electron chi connectivity index (χ0n) is 11.0. The van der Waals surface area contributed by atoms with Crippen molar-refractivity contribution in [1.82, 2.24) is 4.90 Å². The fraction of sp³-hybridized carbons (Fsp3) is 0.462. The summed E-state index contributed by atoms with van der Waals surface area (Å²) in [6.07, 6.45) is 0.680. The Morgan fingerprint density at radius 1 is 1.35 bits per heavy atom. The van der Waals surface area contributed by atoms with Crippen molar-refractivity contribution in [2.45, 2.75) is 13.3 Å². The first-order chi connectivity index (χ1) is 8.86. The number of amides is 1. The number of benzene rings is 1. The maximum atomic E-state index is 13.5. The summed E-state index contributed by atoms with van der Waals surface area (Å²) in [7, 11) is 0. The van der Waals surface area contributed by atoms with E-state index in [0.29, 0.717) is 38.2 Å². The molecule has 0 aliphatic carbocycles. The van der Waals surface area contributed by atoms with E-state index in [2.05, 4.69) is 0 Å². The summed E-state index contributed by atoms with van der Waals surface area (Å²) in [4.78, 5) is 13.4. The van der Waals surface area contributed by atoms with Gasteiger partial charge in [0.05, 0.1) is 0 Å². The van der Waals surface area contributed by atoms with Crippen molar-refractivity contribution in [2.75, 3.05) is 19.6 Å². The van der Waals surface area contributed by atoms with Crippen LogP contribution >= 0.6 is 12.4 Å². The van der Waals surface area contributed by atoms with Crippen molar-refractivity contribution in [3.63, 3.8) is 0 Å². The highest BCUT2D eigenvalue weighted by molar-refractivity contribution is 5.95. The van der Waals surface area contributed by atoms with Crippen molar-refractivity contribution < 1.29 is 18.0 Å². The molecule has 1 unspecified atom stereocenters. The Kier molecular flexibility index (Phi) is 5.05. The lowest BCUT2D eigenvalue weighted by molar-refractivity contribution is 0.0767. The van der Waals surface area contributed by atoms with Gasteiger partial charge in [0.25, 0.3) is 5.91 Å². The molecule has 1 heterocycles. The standard InChI is InChI=1S/C13H15F3N2O.ClH/c1-13(6-17)2-3-18(7-13)12(19)11-9(15)4-8(14)5-10(11)16;/h4-5H,2-3,6-7,17H2,1H3;1H. The second kappa shape index (κ2) is 6.01. The van der Waals surface area contributed by atoms with E-state index in [1.165, 1.54) is 4.90 Å². The zero-order valence-corrected chi connectivity index (χ0v) is 11.8. The van der Waals surface area contributed by atoms with Crippen LogP contribution in [0.2, 0.25) is 0 Å². The maximum absolute atomic E-state index is 13.5. The van der Waals surface area contributed by atoms with Crippen LogP contribution in [-0.2, 0) is 0 Å². The lowest BCUT2D eigenvalue weighted by atomic mass is 9.90. The molecular weight excluding hydrogens is 293 g/mol. The molecule has 2 rings (SSSR count). The fourth-order valence-corrected chi connectivity index (χ4v) is 2.27. The summed E-state index contributed by atoms with van der Waals surface area (Å²) in [5.74, 6) is -4.15. The zero-order chi connectivity index (χ0) is 14.2. The molecule has 1 amide bonds. The van der Waals surface area contributed by atoms with Crippen molar-refractivity contribution in [3.05, 3.63) is 35.1 Å². The molecule has 0 aromatic heterocycles. The van der Waals surface area contributed by atoms with Crippen LogP contribution in [0.25, 0.3) is 0 Å². The van der Waals surface area contributed by atoms with Crippen LogP contribution in [-0.4, -0.2) is 30.4 Å².